The lowest BCUT2D eigenvalue weighted by Gasteiger charge is -2.45. The maximum absolute atomic E-state index is 10.0. The molecule has 148 valence electrons. The summed E-state index contributed by atoms with van der Waals surface area (Å²) in [6.45, 7) is -0.111. The molecule has 10 atom stereocenters. The predicted octanol–water partition coefficient (Wildman–Crippen LogP) is -6.46. The summed E-state index contributed by atoms with van der Waals surface area (Å²) >= 11 is 0. The first-order valence-corrected chi connectivity index (χ1v) is 7.73. The number of aliphatic hydroxyl groups excluding tert-OH is 6. The summed E-state index contributed by atoms with van der Waals surface area (Å²) in [5.41, 5.74) is 4.53. The van der Waals surface area contributed by atoms with Gasteiger partial charge in [-0.15, -0.1) is 0 Å². The van der Waals surface area contributed by atoms with Crippen LogP contribution in [0, 0.1) is 0 Å². The van der Waals surface area contributed by atoms with Crippen molar-refractivity contribution in [3.05, 3.63) is 0 Å². The molecule has 0 amide bonds. The fourth-order valence-electron chi connectivity index (χ4n) is 2.76. The van der Waals surface area contributed by atoms with Crippen LogP contribution in [0.1, 0.15) is 0 Å². The highest BCUT2D eigenvalue weighted by molar-refractivity contribution is 4.93. The van der Waals surface area contributed by atoms with Crippen molar-refractivity contribution in [1.82, 2.24) is 10.9 Å². The molecule has 0 spiro atoms. The Morgan fingerprint density at radius 2 is 1.00 bits per heavy atom. The molecule has 0 saturated carbocycles. The topological polar surface area (TPSA) is 225 Å². The molecule has 13 nitrogen and oxygen atoms in total. The Balaban J connectivity index is 2.07. The Hall–Kier alpha value is -0.520. The quantitative estimate of drug-likeness (QED) is 0.155. The Morgan fingerprint density at radius 1 is 0.640 bits per heavy atom. The largest absolute Gasteiger partial charge is 0.388 e. The van der Waals surface area contributed by atoms with Crippen LogP contribution < -0.4 is 22.5 Å². The molecule has 2 heterocycles. The van der Waals surface area contributed by atoms with Crippen LogP contribution >= 0.6 is 0 Å². The van der Waals surface area contributed by atoms with Crippen molar-refractivity contribution in [3.63, 3.8) is 0 Å². The Kier molecular flexibility index (Phi) is 7.41. The van der Waals surface area contributed by atoms with E-state index in [9.17, 15) is 30.6 Å². The maximum Gasteiger partial charge on any atom is 0.189 e. The monoisotopic (exact) mass is 370 g/mol. The lowest BCUT2D eigenvalue weighted by atomic mass is 9.97. The molecule has 0 aromatic heterocycles. The molecule has 25 heavy (non-hydrogen) atoms. The predicted molar refractivity (Wildman–Crippen MR) is 78.8 cm³/mol. The van der Waals surface area contributed by atoms with Crippen LogP contribution in [0.25, 0.3) is 0 Å². The Labute approximate surface area is 143 Å². The third-order valence-electron chi connectivity index (χ3n) is 4.24. The van der Waals surface area contributed by atoms with E-state index in [1.165, 1.54) is 0 Å². The summed E-state index contributed by atoms with van der Waals surface area (Å²) in [4.78, 5) is 0. The smallest absolute Gasteiger partial charge is 0.189 e. The normalized spacial score (nSPS) is 48.5. The second kappa shape index (κ2) is 8.92. The summed E-state index contributed by atoms with van der Waals surface area (Å²) in [7, 11) is 0. The lowest BCUT2D eigenvalue weighted by Crippen LogP contribution is -2.65. The van der Waals surface area contributed by atoms with Gasteiger partial charge in [0.25, 0.3) is 0 Å². The minimum absolute atomic E-state index is 0.0556. The zero-order valence-electron chi connectivity index (χ0n) is 13.3. The zero-order valence-corrected chi connectivity index (χ0v) is 13.3. The van der Waals surface area contributed by atoms with Gasteiger partial charge in [-0.3, -0.25) is 22.5 Å². The molecule has 2 aliphatic rings. The first-order chi connectivity index (χ1) is 11.8. The molecule has 0 aromatic rings. The van der Waals surface area contributed by atoms with E-state index in [4.69, 9.17) is 25.9 Å². The molecule has 2 fully saturated rings. The summed E-state index contributed by atoms with van der Waals surface area (Å²) in [6, 6.07) is 0. The van der Waals surface area contributed by atoms with Gasteiger partial charge >= 0.3 is 0 Å². The minimum atomic E-state index is -1.66. The van der Waals surface area contributed by atoms with Gasteiger partial charge in [0.1, 0.15) is 48.8 Å². The van der Waals surface area contributed by atoms with Gasteiger partial charge in [0, 0.05) is 13.1 Å². The van der Waals surface area contributed by atoms with E-state index >= 15 is 0 Å². The number of nitrogens with two attached hydrogens (primary N) is 2. The number of nitrogens with one attached hydrogen (secondary N) is 2. The third-order valence-corrected chi connectivity index (χ3v) is 4.24. The van der Waals surface area contributed by atoms with Crippen molar-refractivity contribution in [3.8, 4) is 0 Å². The summed E-state index contributed by atoms with van der Waals surface area (Å²) in [5, 5.41) is 59.5. The maximum atomic E-state index is 10.0. The van der Waals surface area contributed by atoms with Crippen molar-refractivity contribution < 1.29 is 44.8 Å². The molecule has 2 saturated heterocycles. The van der Waals surface area contributed by atoms with Crippen molar-refractivity contribution >= 4 is 0 Å². The molecule has 2 aliphatic heterocycles. The molecule has 0 radical (unpaired) electrons. The number of rotatable bonds is 6. The molecule has 0 aromatic carbocycles. The van der Waals surface area contributed by atoms with Crippen LogP contribution in [0.5, 0.6) is 0 Å². The fraction of sp³-hybridized carbons (Fsp3) is 1.00. The number of aliphatic hydroxyl groups is 6. The summed E-state index contributed by atoms with van der Waals surface area (Å²) in [6.07, 6.45) is -14.4. The van der Waals surface area contributed by atoms with E-state index in [1.54, 1.807) is 0 Å². The van der Waals surface area contributed by atoms with Crippen LogP contribution in [0.3, 0.4) is 0 Å². The molecule has 13 heteroatoms. The Morgan fingerprint density at radius 3 is 1.32 bits per heavy atom. The van der Waals surface area contributed by atoms with Gasteiger partial charge in [0.05, 0.1) is 0 Å². The number of ether oxygens (including phenoxy) is 3. The zero-order chi connectivity index (χ0) is 18.7. The van der Waals surface area contributed by atoms with Gasteiger partial charge in [0.2, 0.25) is 0 Å². The second-order valence-electron chi connectivity index (χ2n) is 5.98. The first kappa shape index (κ1) is 20.8. The highest BCUT2D eigenvalue weighted by atomic mass is 16.8. The van der Waals surface area contributed by atoms with E-state index in [-0.39, 0.29) is 13.1 Å². The molecule has 0 bridgehead atoms. The lowest BCUT2D eigenvalue weighted by molar-refractivity contribution is -0.372. The van der Waals surface area contributed by atoms with Gasteiger partial charge in [-0.25, -0.2) is 0 Å². The summed E-state index contributed by atoms with van der Waals surface area (Å²) in [5.74, 6) is 10.3. The molecular formula is C12H26N4O9. The van der Waals surface area contributed by atoms with Gasteiger partial charge in [0.15, 0.2) is 12.6 Å². The van der Waals surface area contributed by atoms with Crippen LogP contribution in [-0.2, 0) is 14.2 Å². The SMILES string of the molecule is NNCC1O[C@H](O[C@H]2OC(CNN)[C@@H](O)C(O)C2O)C(O)C(O)[C@@H]1O. The van der Waals surface area contributed by atoms with Crippen molar-refractivity contribution in [2.75, 3.05) is 13.1 Å². The molecule has 12 N–H and O–H groups in total. The van der Waals surface area contributed by atoms with E-state index in [2.05, 4.69) is 10.9 Å². The standard InChI is InChI=1S/C12H26N4O9/c13-15-1-3-5(17)7(19)9(21)11(23-3)25-12-10(22)8(20)6(18)4(24-12)2-16-14/h3-12,15-22H,1-2,13-14H2/t3?,4?,5-,6-,7?,8?,9?,10?,11-,12-/m1/s1. The van der Waals surface area contributed by atoms with E-state index < -0.39 is 61.4 Å². The van der Waals surface area contributed by atoms with Crippen LogP contribution in [0.2, 0.25) is 0 Å². The van der Waals surface area contributed by atoms with Crippen LogP contribution in [0.4, 0.5) is 0 Å². The second-order valence-corrected chi connectivity index (χ2v) is 5.98. The highest BCUT2D eigenvalue weighted by Crippen LogP contribution is 2.27. The van der Waals surface area contributed by atoms with Gasteiger partial charge in [-0.2, -0.15) is 0 Å². The average molecular weight is 370 g/mol. The molecule has 2 rings (SSSR count). The number of hydrogen-bond donors (Lipinski definition) is 10. The summed E-state index contributed by atoms with van der Waals surface area (Å²) < 4.78 is 16.0. The fourth-order valence-corrected chi connectivity index (χ4v) is 2.76. The van der Waals surface area contributed by atoms with Gasteiger partial charge in [-0.1, -0.05) is 0 Å². The third kappa shape index (κ3) is 4.42. The molecular weight excluding hydrogens is 344 g/mol. The molecule has 0 aliphatic carbocycles. The highest BCUT2D eigenvalue weighted by Gasteiger charge is 2.49. The number of hydrazine groups is 2. The average Bonchev–Trinajstić information content (AvgIpc) is 2.59. The van der Waals surface area contributed by atoms with Gasteiger partial charge in [-0.05, 0) is 0 Å². The van der Waals surface area contributed by atoms with E-state index in [0.717, 1.165) is 0 Å². The number of hydrogen-bond acceptors (Lipinski definition) is 13. The Bertz CT molecular complexity index is 386. The van der Waals surface area contributed by atoms with Crippen molar-refractivity contribution in [1.29, 1.82) is 0 Å². The first-order valence-electron chi connectivity index (χ1n) is 7.73. The van der Waals surface area contributed by atoms with Crippen LogP contribution in [0.15, 0.2) is 0 Å². The molecule has 6 unspecified atom stereocenters. The van der Waals surface area contributed by atoms with E-state index in [0.29, 0.717) is 0 Å². The van der Waals surface area contributed by atoms with Crippen LogP contribution in [-0.4, -0.2) is 105 Å². The minimum Gasteiger partial charge on any atom is -0.388 e. The van der Waals surface area contributed by atoms with E-state index in [1.807, 2.05) is 0 Å². The van der Waals surface area contributed by atoms with Gasteiger partial charge < -0.3 is 44.8 Å². The van der Waals surface area contributed by atoms with Crippen molar-refractivity contribution in [2.45, 2.75) is 61.4 Å². The van der Waals surface area contributed by atoms with Crippen molar-refractivity contribution in [2.24, 2.45) is 11.7 Å².